The molecule has 1 atom stereocenters. The van der Waals surface area contributed by atoms with Crippen LogP contribution in [0.15, 0.2) is 10.7 Å². The molecule has 0 aromatic carbocycles. The monoisotopic (exact) mass is 310 g/mol. The van der Waals surface area contributed by atoms with E-state index in [1.807, 2.05) is 11.6 Å². The molecule has 0 spiro atoms. The highest BCUT2D eigenvalue weighted by molar-refractivity contribution is 6.29. The molecule has 1 fully saturated rings. The van der Waals surface area contributed by atoms with Crippen molar-refractivity contribution < 1.29 is 9.32 Å². The summed E-state index contributed by atoms with van der Waals surface area (Å²) in [5, 5.41) is 4.19. The Morgan fingerprint density at radius 1 is 1.62 bits per heavy atom. The third kappa shape index (κ3) is 2.64. The smallest absolute Gasteiger partial charge is 0.290 e. The maximum atomic E-state index is 11.0. The summed E-state index contributed by atoms with van der Waals surface area (Å²) in [5.74, 6) is 0.505. The summed E-state index contributed by atoms with van der Waals surface area (Å²) in [6.07, 6.45) is 3.52. The topological polar surface area (TPSA) is 103 Å². The lowest BCUT2D eigenvalue weighted by molar-refractivity contribution is 0.0987. The van der Waals surface area contributed by atoms with Crippen molar-refractivity contribution in [3.8, 4) is 0 Å². The van der Waals surface area contributed by atoms with Crippen LogP contribution in [0.25, 0.3) is 0 Å². The van der Waals surface area contributed by atoms with Crippen molar-refractivity contribution >= 4 is 17.5 Å². The number of halogens is 1. The second-order valence-corrected chi connectivity index (χ2v) is 5.39. The van der Waals surface area contributed by atoms with Crippen molar-refractivity contribution in [3.63, 3.8) is 0 Å². The first kappa shape index (κ1) is 14.0. The molecule has 1 saturated heterocycles. The average Bonchev–Trinajstić information content (AvgIpc) is 3.15. The number of hydrogen-bond acceptors (Lipinski definition) is 6. The lowest BCUT2D eigenvalue weighted by Gasteiger charge is -2.20. The summed E-state index contributed by atoms with van der Waals surface area (Å²) in [6.45, 7) is 1.52. The quantitative estimate of drug-likeness (QED) is 0.899. The highest BCUT2D eigenvalue weighted by atomic mass is 35.5. The lowest BCUT2D eigenvalue weighted by Crippen LogP contribution is -2.25. The molecular weight excluding hydrogens is 296 g/mol. The summed E-state index contributed by atoms with van der Waals surface area (Å²) < 4.78 is 6.99. The summed E-state index contributed by atoms with van der Waals surface area (Å²) in [5.41, 5.74) is 5.14. The maximum Gasteiger partial charge on any atom is 0.290 e. The van der Waals surface area contributed by atoms with Crippen LogP contribution in [0.2, 0.25) is 5.15 Å². The maximum absolute atomic E-state index is 11.0. The molecule has 8 nitrogen and oxygen atoms in total. The Morgan fingerprint density at radius 3 is 3.05 bits per heavy atom. The first-order valence-corrected chi connectivity index (χ1v) is 6.97. The second kappa shape index (κ2) is 5.45. The van der Waals surface area contributed by atoms with E-state index in [-0.39, 0.29) is 11.9 Å². The number of aromatic nitrogens is 4. The van der Waals surface area contributed by atoms with Crippen LogP contribution in [0, 0.1) is 0 Å². The van der Waals surface area contributed by atoms with E-state index < -0.39 is 5.91 Å². The third-order valence-corrected chi connectivity index (χ3v) is 4.03. The zero-order chi connectivity index (χ0) is 15.0. The zero-order valence-corrected chi connectivity index (χ0v) is 12.2. The van der Waals surface area contributed by atoms with Crippen molar-refractivity contribution in [1.29, 1.82) is 0 Å². The fourth-order valence-electron chi connectivity index (χ4n) is 2.52. The Hall–Kier alpha value is -1.93. The summed E-state index contributed by atoms with van der Waals surface area (Å²) >= 11 is 6.00. The van der Waals surface area contributed by atoms with Crippen LogP contribution >= 0.6 is 11.6 Å². The molecule has 1 amide bonds. The number of likely N-dealkylation sites (tertiary alicyclic amines) is 1. The highest BCUT2D eigenvalue weighted by Crippen LogP contribution is 2.32. The van der Waals surface area contributed by atoms with Gasteiger partial charge < -0.3 is 14.8 Å². The standard InChI is InChI=1S/C12H15ClN6O2/c1-18-8(13)5-15-9(18)6-19-4-2-3-7(19)12-16-11(10(14)20)17-21-12/h5,7H,2-4,6H2,1H3,(H2,14,20). The van der Waals surface area contributed by atoms with Gasteiger partial charge in [0.1, 0.15) is 11.0 Å². The average molecular weight is 311 g/mol. The van der Waals surface area contributed by atoms with Gasteiger partial charge in [0.15, 0.2) is 0 Å². The second-order valence-electron chi connectivity index (χ2n) is 5.01. The van der Waals surface area contributed by atoms with Gasteiger partial charge in [-0.15, -0.1) is 0 Å². The molecule has 21 heavy (non-hydrogen) atoms. The molecular formula is C12H15ClN6O2. The van der Waals surface area contributed by atoms with Crippen LogP contribution in [-0.2, 0) is 13.6 Å². The predicted molar refractivity (Wildman–Crippen MR) is 73.4 cm³/mol. The molecule has 0 radical (unpaired) electrons. The van der Waals surface area contributed by atoms with Gasteiger partial charge in [-0.25, -0.2) is 4.98 Å². The van der Waals surface area contributed by atoms with Crippen LogP contribution in [-0.4, -0.2) is 37.0 Å². The number of carbonyl (C=O) groups is 1. The molecule has 1 unspecified atom stereocenters. The molecule has 0 aliphatic carbocycles. The van der Waals surface area contributed by atoms with E-state index >= 15 is 0 Å². The predicted octanol–water partition coefficient (Wildman–Crippen LogP) is 0.892. The highest BCUT2D eigenvalue weighted by Gasteiger charge is 2.32. The van der Waals surface area contributed by atoms with E-state index in [9.17, 15) is 4.79 Å². The molecule has 9 heteroatoms. The van der Waals surface area contributed by atoms with Crippen LogP contribution in [0.4, 0.5) is 0 Å². The van der Waals surface area contributed by atoms with Gasteiger partial charge in [-0.2, -0.15) is 4.98 Å². The minimum atomic E-state index is -0.689. The molecule has 0 bridgehead atoms. The van der Waals surface area contributed by atoms with Gasteiger partial charge in [0.25, 0.3) is 11.7 Å². The van der Waals surface area contributed by atoms with Crippen LogP contribution in [0.1, 0.15) is 41.2 Å². The Labute approximate surface area is 125 Å². The Kier molecular flexibility index (Phi) is 3.64. The first-order valence-electron chi connectivity index (χ1n) is 6.60. The van der Waals surface area contributed by atoms with Crippen molar-refractivity contribution in [2.24, 2.45) is 12.8 Å². The minimum absolute atomic E-state index is 0.0268. The van der Waals surface area contributed by atoms with Gasteiger partial charge in [0.05, 0.1) is 18.8 Å². The van der Waals surface area contributed by atoms with Crippen molar-refractivity contribution in [1.82, 2.24) is 24.6 Å². The minimum Gasteiger partial charge on any atom is -0.363 e. The molecule has 0 saturated carbocycles. The molecule has 1 aliphatic rings. The number of primary amides is 1. The zero-order valence-electron chi connectivity index (χ0n) is 11.5. The Bertz CT molecular complexity index is 667. The van der Waals surface area contributed by atoms with Gasteiger partial charge in [-0.3, -0.25) is 9.69 Å². The molecule has 3 rings (SSSR count). The number of imidazole rings is 1. The molecule has 1 aliphatic heterocycles. The van der Waals surface area contributed by atoms with Gasteiger partial charge in [0, 0.05) is 7.05 Å². The van der Waals surface area contributed by atoms with Gasteiger partial charge in [-0.05, 0) is 19.4 Å². The first-order chi connectivity index (χ1) is 10.1. The third-order valence-electron chi connectivity index (χ3n) is 3.68. The number of carbonyl (C=O) groups excluding carboxylic acids is 1. The Balaban J connectivity index is 1.78. The summed E-state index contributed by atoms with van der Waals surface area (Å²) in [6, 6.07) is -0.0268. The van der Waals surface area contributed by atoms with Crippen LogP contribution in [0.5, 0.6) is 0 Å². The molecule has 2 N–H and O–H groups in total. The van der Waals surface area contributed by atoms with Crippen molar-refractivity contribution in [2.45, 2.75) is 25.4 Å². The van der Waals surface area contributed by atoms with E-state index in [1.54, 1.807) is 6.20 Å². The SMILES string of the molecule is Cn1c(Cl)cnc1CN1CCCC1c1nc(C(N)=O)no1. The largest absolute Gasteiger partial charge is 0.363 e. The number of nitrogens with two attached hydrogens (primary N) is 1. The number of nitrogens with zero attached hydrogens (tertiary/aromatic N) is 5. The summed E-state index contributed by atoms with van der Waals surface area (Å²) in [4.78, 5) is 21.6. The normalized spacial score (nSPS) is 19.2. The molecule has 2 aromatic heterocycles. The van der Waals surface area contributed by atoms with Gasteiger partial charge in [0.2, 0.25) is 5.89 Å². The fraction of sp³-hybridized carbons (Fsp3) is 0.500. The number of rotatable bonds is 4. The van der Waals surface area contributed by atoms with Crippen molar-refractivity contribution in [3.05, 3.63) is 28.9 Å². The van der Waals surface area contributed by atoms with E-state index in [0.717, 1.165) is 25.2 Å². The van der Waals surface area contributed by atoms with E-state index in [0.29, 0.717) is 17.6 Å². The van der Waals surface area contributed by atoms with Crippen LogP contribution in [0.3, 0.4) is 0 Å². The molecule has 112 valence electrons. The number of amides is 1. The molecule has 2 aromatic rings. The van der Waals surface area contributed by atoms with Gasteiger partial charge >= 0.3 is 0 Å². The van der Waals surface area contributed by atoms with Gasteiger partial charge in [-0.1, -0.05) is 16.8 Å². The van der Waals surface area contributed by atoms with E-state index in [2.05, 4.69) is 20.0 Å². The number of hydrogen-bond donors (Lipinski definition) is 1. The van der Waals surface area contributed by atoms with Crippen molar-refractivity contribution in [2.75, 3.05) is 6.54 Å². The fourth-order valence-corrected chi connectivity index (χ4v) is 2.66. The molecule has 3 heterocycles. The van der Waals surface area contributed by atoms with Crippen LogP contribution < -0.4 is 5.73 Å². The van der Waals surface area contributed by atoms with E-state index in [4.69, 9.17) is 21.9 Å². The Morgan fingerprint density at radius 2 is 2.43 bits per heavy atom. The van der Waals surface area contributed by atoms with E-state index in [1.165, 1.54) is 0 Å². The lowest BCUT2D eigenvalue weighted by atomic mass is 10.2. The summed E-state index contributed by atoms with van der Waals surface area (Å²) in [7, 11) is 1.87.